The summed E-state index contributed by atoms with van der Waals surface area (Å²) in [5.74, 6) is -1.90. The van der Waals surface area contributed by atoms with E-state index in [9.17, 15) is 24.5 Å². The summed E-state index contributed by atoms with van der Waals surface area (Å²) in [4.78, 5) is 47.8. The minimum atomic E-state index is -1.07. The number of ether oxygens (including phenoxy) is 2. The quantitative estimate of drug-likeness (QED) is 0.0993. The number of likely N-dealkylation sites (tertiary alicyclic amines) is 2. The molecule has 0 aliphatic carbocycles. The number of hydrogen-bond acceptors (Lipinski definition) is 18. The van der Waals surface area contributed by atoms with Crippen molar-refractivity contribution < 1.29 is 32.2 Å². The number of aromatic amines is 1. The van der Waals surface area contributed by atoms with Crippen molar-refractivity contribution in [2.24, 2.45) is 0 Å². The number of amides is 2. The maximum atomic E-state index is 17.8. The van der Waals surface area contributed by atoms with E-state index in [4.69, 9.17) is 58.1 Å². The molecule has 106 heavy (non-hydrogen) atoms. The number of anilines is 2. The number of carbonyl (C=O) groups excluding carboxylic acids is 2. The highest BCUT2D eigenvalue weighted by molar-refractivity contribution is 6.36. The van der Waals surface area contributed by atoms with Crippen LogP contribution in [0.25, 0.3) is 87.9 Å². The van der Waals surface area contributed by atoms with E-state index >= 15 is 8.78 Å². The zero-order chi connectivity index (χ0) is 75.5. The summed E-state index contributed by atoms with van der Waals surface area (Å²) < 4.78 is 66.3. The lowest BCUT2D eigenvalue weighted by molar-refractivity contribution is -0.132. The van der Waals surface area contributed by atoms with Crippen LogP contribution in [0, 0.1) is 62.0 Å². The number of fused-ring (bicyclic) bond motifs is 8. The molecule has 4 aromatic carbocycles. The van der Waals surface area contributed by atoms with Crippen LogP contribution in [0.5, 0.6) is 0 Å². The van der Waals surface area contributed by atoms with Crippen molar-refractivity contribution in [3.05, 3.63) is 93.0 Å². The Labute approximate surface area is 622 Å². The molecule has 5 saturated heterocycles. The minimum absolute atomic E-state index is 0.00908. The summed E-state index contributed by atoms with van der Waals surface area (Å²) in [5, 5.41) is 52.9. The molecule has 5 atom stereocenters. The lowest BCUT2D eigenvalue weighted by Gasteiger charge is -2.53. The zero-order valence-corrected chi connectivity index (χ0v) is 63.8. The predicted octanol–water partition coefficient (Wildman–Crippen LogP) is 14.9. The van der Waals surface area contributed by atoms with Gasteiger partial charge in [0.05, 0.1) is 87.7 Å². The molecule has 2 amide bonds. The predicted molar refractivity (Wildman–Crippen MR) is 405 cm³/mol. The van der Waals surface area contributed by atoms with Gasteiger partial charge in [-0.1, -0.05) is 54.1 Å². The number of halogens is 5. The first-order chi connectivity index (χ1) is 50.5. The topological polar surface area (TPSA) is 253 Å². The molecule has 29 heteroatoms. The second-order valence-electron chi connectivity index (χ2n) is 31.0. The van der Waals surface area contributed by atoms with Crippen molar-refractivity contribution in [2.75, 3.05) is 82.9 Å². The lowest BCUT2D eigenvalue weighted by Crippen LogP contribution is -2.68. The second-order valence-corrected chi connectivity index (χ2v) is 31.8. The fourth-order valence-corrected chi connectivity index (χ4v) is 17.2. The van der Waals surface area contributed by atoms with Crippen molar-refractivity contribution >= 4 is 113 Å². The summed E-state index contributed by atoms with van der Waals surface area (Å²) in [6.45, 7) is 30.9. The fraction of sp³-hybridized carbons (Fsp3) is 0.506. The van der Waals surface area contributed by atoms with E-state index in [0.29, 0.717) is 121 Å². The third-order valence-corrected chi connectivity index (χ3v) is 23.7. The van der Waals surface area contributed by atoms with Crippen LogP contribution in [0.2, 0.25) is 10.0 Å². The van der Waals surface area contributed by atoms with Crippen molar-refractivity contribution in [3.63, 3.8) is 0 Å². The Morgan fingerprint density at radius 2 is 1.20 bits per heavy atom. The molecule has 556 valence electrons. The zero-order valence-electron chi connectivity index (χ0n) is 62.3. The average molecular weight is 1490 g/mol. The van der Waals surface area contributed by atoms with Crippen molar-refractivity contribution in [2.45, 2.75) is 181 Å². The Morgan fingerprint density at radius 1 is 0.698 bits per heavy atom. The van der Waals surface area contributed by atoms with E-state index in [-0.39, 0.29) is 81.0 Å². The van der Waals surface area contributed by atoms with E-state index in [1.165, 1.54) is 4.90 Å². The van der Waals surface area contributed by atoms with E-state index in [1.54, 1.807) is 34.1 Å². The smallest absolute Gasteiger partial charge is 0.410 e. The maximum absolute atomic E-state index is 17.8. The van der Waals surface area contributed by atoms with Crippen LogP contribution in [0.3, 0.4) is 0 Å². The Morgan fingerprint density at radius 3 is 1.68 bits per heavy atom. The monoisotopic (exact) mass is 1480 g/mol. The maximum Gasteiger partial charge on any atom is 0.410 e. The Bertz CT molecular complexity index is 5280. The normalized spacial score (nSPS) is 20.4. The largest absolute Gasteiger partial charge is 0.444 e. The van der Waals surface area contributed by atoms with Gasteiger partial charge in [0.2, 0.25) is 0 Å². The van der Waals surface area contributed by atoms with E-state index in [2.05, 4.69) is 107 Å². The molecule has 0 spiro atoms. The van der Waals surface area contributed by atoms with E-state index in [0.717, 1.165) is 76.4 Å². The van der Waals surface area contributed by atoms with Gasteiger partial charge in [0.15, 0.2) is 46.4 Å². The van der Waals surface area contributed by atoms with Gasteiger partial charge in [0.25, 0.3) is 5.91 Å². The standard InChI is InChI=1S/C42H52ClFN10O3.C35H37ClF2N10O/c1-9-50(8)42(7)22-51(23-42)39-37-38(53(49-48-37)27-14-16-52(26(19-27)13-15-45)40(55)57-41(4,5)6)28-20-30(43)34(35(44)36(28)47-39)33-25(3)24(2)18-31-29(33)21-46-54(31)32-12-10-11-17-56-32;1-7-45(6)35(5)16-46(17-35)33-31-32(48(44-43-31)22-9-11-47(34(49)20(4)37)21(13-22)8-10-39)23-14-25(36)28(29(38)30(23)41-33)27-19(3)18(2)12-26-24(27)15-40-42-26/h18,20-21,26-27,32H,9-14,16-17,19,22-23H2,1-8H3;12,14-15,21-22H,4,7-9,11,13,16-17H2,1-3,5-6H3,(H,40,42)/t26-,27+,32?;21-,22+/m11/s1. The molecular formula is C77H89Cl2F3N20O4. The molecule has 24 nitrogen and oxygen atoms in total. The second kappa shape index (κ2) is 28.1. The number of carbonyl (C=O) groups is 2. The molecule has 0 saturated carbocycles. The molecule has 6 aromatic heterocycles. The summed E-state index contributed by atoms with van der Waals surface area (Å²) in [5.41, 5.74) is 8.90. The Kier molecular flexibility index (Phi) is 19.6. The summed E-state index contributed by atoms with van der Waals surface area (Å²) >= 11 is 14.3. The van der Waals surface area contributed by atoms with Crippen LogP contribution >= 0.6 is 23.2 Å². The number of nitrogens with one attached hydrogen (secondary N) is 1. The highest BCUT2D eigenvalue weighted by Gasteiger charge is 2.47. The molecule has 1 unspecified atom stereocenters. The van der Waals surface area contributed by atoms with Crippen LogP contribution in [0.15, 0.2) is 49.1 Å². The van der Waals surface area contributed by atoms with Crippen LogP contribution < -0.4 is 9.80 Å². The van der Waals surface area contributed by atoms with Gasteiger partial charge in [-0.25, -0.2) is 42.0 Å². The number of aryl methyl sites for hydroxylation is 2. The van der Waals surface area contributed by atoms with Crippen LogP contribution in [-0.2, 0) is 14.3 Å². The fourth-order valence-electron chi connectivity index (χ4n) is 16.6. The van der Waals surface area contributed by atoms with E-state index < -0.39 is 47.1 Å². The summed E-state index contributed by atoms with van der Waals surface area (Å²) in [6, 6.07) is 10.4. The molecule has 5 fully saturated rings. The number of pyridine rings is 2. The number of likely N-dealkylation sites (N-methyl/N-ethyl adjacent to an activating group) is 2. The Balaban J connectivity index is 0.000000180. The number of nitrogens with zero attached hydrogens (tertiary/aromatic N) is 19. The third-order valence-electron chi connectivity index (χ3n) is 23.1. The number of hydrogen-bond donors (Lipinski definition) is 1. The van der Waals surface area contributed by atoms with Gasteiger partial charge in [0, 0.05) is 95.7 Å². The highest BCUT2D eigenvalue weighted by atomic mass is 35.5. The summed E-state index contributed by atoms with van der Waals surface area (Å²) in [6.07, 6.45) is 7.61. The lowest BCUT2D eigenvalue weighted by atomic mass is 9.90. The SMILES string of the molecule is C=C(F)C(=O)N1CC[C@H](n2nnc3c(N4CC(C)(N(C)CC)C4)nc4c(F)c(-c5c(C)c(C)cc6[nH]ncc56)c(Cl)cc4c32)C[C@H]1CC#N.CCN(C)C1(C)CN(c2nc3c(F)c(-c4c(C)c(C)cc5c4cnn5C4CCCCO4)c(Cl)cc3c3c2nnn3[C@H]2CCN(C(=O)OC(C)(C)C)[C@H](CC#N)C2)C1. The Hall–Kier alpha value is -9.25. The van der Waals surface area contributed by atoms with Gasteiger partial charge in [-0.15, -0.1) is 10.2 Å². The number of aromatic nitrogens is 12. The number of nitriles is 2. The first-order valence-electron chi connectivity index (χ1n) is 36.5. The number of piperidine rings is 2. The molecule has 15 rings (SSSR count). The van der Waals surface area contributed by atoms with Crippen molar-refractivity contribution in [1.82, 2.24) is 79.5 Å². The molecule has 5 aliphatic rings. The molecule has 1 N–H and O–H groups in total. The number of rotatable bonds is 14. The van der Waals surface area contributed by atoms with Crippen LogP contribution in [0.1, 0.15) is 147 Å². The van der Waals surface area contributed by atoms with Crippen molar-refractivity contribution in [3.8, 4) is 34.4 Å². The molecular weight excluding hydrogens is 1400 g/mol. The molecule has 0 radical (unpaired) electrons. The molecule has 10 aromatic rings. The third kappa shape index (κ3) is 12.6. The first kappa shape index (κ1) is 73.6. The van der Waals surface area contributed by atoms with Gasteiger partial charge in [-0.05, 0) is 181 Å². The van der Waals surface area contributed by atoms with Gasteiger partial charge in [0.1, 0.15) is 27.7 Å². The molecule has 11 heterocycles. The minimum Gasteiger partial charge on any atom is -0.444 e. The van der Waals surface area contributed by atoms with Crippen molar-refractivity contribution in [1.29, 1.82) is 10.5 Å². The molecule has 0 bridgehead atoms. The number of benzene rings is 4. The van der Waals surface area contributed by atoms with Gasteiger partial charge < -0.3 is 29.1 Å². The highest BCUT2D eigenvalue weighted by Crippen LogP contribution is 2.49. The van der Waals surface area contributed by atoms with Gasteiger partial charge >= 0.3 is 6.09 Å². The first-order valence-corrected chi connectivity index (χ1v) is 37.2. The average Bonchev–Trinajstić information content (AvgIpc) is 1.32. The molecule has 5 aliphatic heterocycles. The van der Waals surface area contributed by atoms with Crippen LogP contribution in [0.4, 0.5) is 29.6 Å². The van der Waals surface area contributed by atoms with Crippen LogP contribution in [-0.4, -0.2) is 193 Å². The summed E-state index contributed by atoms with van der Waals surface area (Å²) in [7, 11) is 4.19. The van der Waals surface area contributed by atoms with Gasteiger partial charge in [-0.2, -0.15) is 20.7 Å². The van der Waals surface area contributed by atoms with E-state index in [1.807, 2.05) is 63.9 Å². The van der Waals surface area contributed by atoms with Gasteiger partial charge in [-0.3, -0.25) is 19.7 Å². The number of H-pyrrole nitrogens is 1.